The van der Waals surface area contributed by atoms with Gasteiger partial charge in [0, 0.05) is 26.2 Å². The van der Waals surface area contributed by atoms with Crippen LogP contribution in [0.2, 0.25) is 5.15 Å². The third-order valence-electron chi connectivity index (χ3n) is 5.65. The Morgan fingerprint density at radius 2 is 1.54 bits per heavy atom. The van der Waals surface area contributed by atoms with Crippen molar-refractivity contribution in [3.05, 3.63) is 87.2 Å². The number of aromatic nitrogens is 3. The smallest absolute Gasteiger partial charge is 0.490 e. The van der Waals surface area contributed by atoms with E-state index >= 15 is 0 Å². The number of hydrogen-bond acceptors (Lipinski definition) is 8. The lowest BCUT2D eigenvalue weighted by atomic mass is 10.1. The fraction of sp³-hybridized carbons (Fsp3) is 0.296. The quantitative estimate of drug-likeness (QED) is 0.133. The van der Waals surface area contributed by atoms with E-state index in [-0.39, 0.29) is 35.8 Å². The Balaban J connectivity index is 0.000000748. The number of aromatic amines is 1. The highest BCUT2D eigenvalue weighted by Crippen LogP contribution is 2.22. The number of hydrogen-bond donors (Lipinski definition) is 6. The molecule has 0 aliphatic carbocycles. The Morgan fingerprint density at radius 3 is 1.98 bits per heavy atom. The second-order valence-electron chi connectivity index (χ2n) is 9.16. The minimum atomic E-state index is -5.19. The van der Waals surface area contributed by atoms with Gasteiger partial charge in [-0.1, -0.05) is 35.9 Å². The van der Waals surface area contributed by atoms with Gasteiger partial charge >= 0.3 is 24.4 Å². The summed E-state index contributed by atoms with van der Waals surface area (Å²) < 4.78 is 91.6. The summed E-state index contributed by atoms with van der Waals surface area (Å²) in [5, 5.41) is 26.1. The number of amides is 3. The van der Waals surface area contributed by atoms with Gasteiger partial charge in [0.05, 0.1) is 18.3 Å². The standard InChI is InChI=1S/C23H24ClF2N7O3.2C2HF3O2/c1-27-23(36)31-11-15-7-3-2-6-14(15)10-29-18(34)13-33-17(24)12-30-21(22(33)35)32-19(20(25)26)16-8-4-5-9-28-16;2*3-2(4,5)1(6)7/h2-9,12,19-20,28H,10-11,13H2,1H3,(H3-,27,29,30,31,32,34,36);2*(H,6,7). The van der Waals surface area contributed by atoms with E-state index in [0.717, 1.165) is 21.9 Å². The molecule has 3 amide bonds. The van der Waals surface area contributed by atoms with Crippen molar-refractivity contribution in [2.75, 3.05) is 12.4 Å². The van der Waals surface area contributed by atoms with E-state index in [9.17, 15) is 49.5 Å². The summed E-state index contributed by atoms with van der Waals surface area (Å²) >= 11 is 6.08. The number of aliphatic carboxylic acids is 2. The molecule has 6 N–H and O–H groups in total. The highest BCUT2D eigenvalue weighted by atomic mass is 35.5. The highest BCUT2D eigenvalue weighted by molar-refractivity contribution is 6.29. The number of H-pyrrole nitrogens is 1. The number of carbonyl (C=O) groups excluding carboxylic acids is 3. The van der Waals surface area contributed by atoms with E-state index in [0.29, 0.717) is 0 Å². The molecule has 274 valence electrons. The molecule has 0 bridgehead atoms. The molecule has 0 aliphatic rings. The fourth-order valence-electron chi connectivity index (χ4n) is 3.30. The zero-order chi connectivity index (χ0) is 38.2. The molecule has 0 aliphatic heterocycles. The number of carboxylic acids is 2. The first-order valence-corrected chi connectivity index (χ1v) is 13.7. The first-order valence-electron chi connectivity index (χ1n) is 13.3. The van der Waals surface area contributed by atoms with E-state index in [1.165, 1.54) is 19.3 Å². The second kappa shape index (κ2) is 19.5. The average molecular weight is 748 g/mol. The lowest BCUT2D eigenvalue weighted by molar-refractivity contribution is -0.344. The van der Waals surface area contributed by atoms with Crippen LogP contribution in [0.5, 0.6) is 0 Å². The van der Waals surface area contributed by atoms with Gasteiger partial charge in [0.2, 0.25) is 5.91 Å². The van der Waals surface area contributed by atoms with Crippen LogP contribution >= 0.6 is 11.6 Å². The predicted molar refractivity (Wildman–Crippen MR) is 155 cm³/mol. The van der Waals surface area contributed by atoms with Gasteiger partial charge in [-0.2, -0.15) is 26.3 Å². The van der Waals surface area contributed by atoms with E-state index in [2.05, 4.69) is 31.2 Å². The van der Waals surface area contributed by atoms with Gasteiger partial charge in [-0.05, 0) is 11.1 Å². The van der Waals surface area contributed by atoms with Crippen molar-refractivity contribution < 1.29 is 64.5 Å². The van der Waals surface area contributed by atoms with Crippen molar-refractivity contribution in [3.8, 4) is 0 Å². The molecule has 3 aromatic rings. The Morgan fingerprint density at radius 1 is 1.00 bits per heavy atom. The van der Waals surface area contributed by atoms with Crippen LogP contribution in [0.3, 0.4) is 0 Å². The second-order valence-corrected chi connectivity index (χ2v) is 9.55. The topological polar surface area (TPSA) is 210 Å². The Bertz CT molecular complexity index is 1640. The van der Waals surface area contributed by atoms with Crippen molar-refractivity contribution in [3.63, 3.8) is 0 Å². The minimum Gasteiger partial charge on any atom is -0.542 e. The molecule has 0 saturated heterocycles. The number of halogens is 9. The average Bonchev–Trinajstić information content (AvgIpc) is 3.04. The number of nitrogens with one attached hydrogen (secondary N) is 5. The molecule has 14 nitrogen and oxygen atoms in total. The molecule has 3 rings (SSSR count). The van der Waals surface area contributed by atoms with Crippen molar-refractivity contribution >= 4 is 41.3 Å². The maximum Gasteiger partial charge on any atom is 0.490 e. The number of carbonyl (C=O) groups is 4. The zero-order valence-corrected chi connectivity index (χ0v) is 25.9. The van der Waals surface area contributed by atoms with Gasteiger partial charge in [0.1, 0.15) is 29.6 Å². The van der Waals surface area contributed by atoms with Crippen molar-refractivity contribution in [1.82, 2.24) is 30.5 Å². The molecule has 50 heavy (non-hydrogen) atoms. The fourth-order valence-corrected chi connectivity index (χ4v) is 3.48. The third-order valence-corrected chi connectivity index (χ3v) is 5.96. The van der Waals surface area contributed by atoms with Crippen LogP contribution in [0.4, 0.5) is 45.7 Å². The Labute approximate surface area is 280 Å². The van der Waals surface area contributed by atoms with Crippen LogP contribution in [-0.2, 0) is 34.0 Å². The summed E-state index contributed by atoms with van der Waals surface area (Å²) in [4.78, 5) is 61.2. The van der Waals surface area contributed by atoms with Crippen molar-refractivity contribution in [1.29, 1.82) is 0 Å². The lowest BCUT2D eigenvalue weighted by Gasteiger charge is -2.16. The van der Waals surface area contributed by atoms with Crippen LogP contribution < -0.4 is 31.9 Å². The normalized spacial score (nSPS) is 11.5. The van der Waals surface area contributed by atoms with Gasteiger partial charge in [-0.25, -0.2) is 23.4 Å². The maximum atomic E-state index is 13.7. The molecule has 2 heterocycles. The molecule has 0 spiro atoms. The summed E-state index contributed by atoms with van der Waals surface area (Å²) in [5.74, 6) is -6.67. The summed E-state index contributed by atoms with van der Waals surface area (Å²) in [6.45, 7) is -0.0743. The van der Waals surface area contributed by atoms with E-state index in [1.807, 2.05) is 6.07 Å². The molecule has 23 heteroatoms. The summed E-state index contributed by atoms with van der Waals surface area (Å²) in [7, 11) is 1.50. The molecular weight excluding hydrogens is 722 g/mol. The summed E-state index contributed by atoms with van der Waals surface area (Å²) in [6.07, 6.45) is -10.5. The number of carboxylic acid groups (broad SMARTS) is 2. The predicted octanol–water partition coefficient (Wildman–Crippen LogP) is 2.60. The van der Waals surface area contributed by atoms with Gasteiger partial charge < -0.3 is 36.3 Å². The first kappa shape index (κ1) is 42.5. The lowest BCUT2D eigenvalue weighted by Crippen LogP contribution is -2.37. The highest BCUT2D eigenvalue weighted by Gasteiger charge is 2.38. The molecule has 2 aromatic heterocycles. The number of nitrogens with zero attached hydrogens (tertiary/aromatic N) is 2. The molecular formula is C27H26ClF8N7O7. The Hall–Kier alpha value is -5.54. The molecule has 0 saturated carbocycles. The van der Waals surface area contributed by atoms with E-state index in [4.69, 9.17) is 31.4 Å². The van der Waals surface area contributed by atoms with Gasteiger partial charge in [-0.15, -0.1) is 0 Å². The monoisotopic (exact) mass is 747 g/mol. The number of benzene rings is 1. The van der Waals surface area contributed by atoms with Crippen LogP contribution in [0, 0.1) is 0 Å². The molecule has 1 aromatic carbocycles. The van der Waals surface area contributed by atoms with Crippen LogP contribution in [0.25, 0.3) is 0 Å². The Kier molecular flexibility index (Phi) is 16.5. The number of rotatable bonds is 10. The molecule has 0 fully saturated rings. The largest absolute Gasteiger partial charge is 0.542 e. The number of urea groups is 1. The van der Waals surface area contributed by atoms with E-state index < -0.39 is 54.8 Å². The van der Waals surface area contributed by atoms with Crippen LogP contribution in [-0.4, -0.2) is 69.3 Å². The van der Waals surface area contributed by atoms with Crippen LogP contribution in [0.1, 0.15) is 22.9 Å². The third kappa shape index (κ3) is 14.7. The zero-order valence-electron chi connectivity index (χ0n) is 25.2. The van der Waals surface area contributed by atoms with E-state index in [1.54, 1.807) is 30.3 Å². The first-order chi connectivity index (χ1) is 23.2. The van der Waals surface area contributed by atoms with Gasteiger partial charge in [0.25, 0.3) is 12.0 Å². The molecule has 1 unspecified atom stereocenters. The maximum absolute atomic E-state index is 13.7. The van der Waals surface area contributed by atoms with Crippen molar-refractivity contribution in [2.24, 2.45) is 0 Å². The minimum absolute atomic E-state index is 0.129. The molecule has 0 radical (unpaired) electrons. The number of anilines is 1. The van der Waals surface area contributed by atoms with Crippen molar-refractivity contribution in [2.45, 2.75) is 44.5 Å². The molecule has 1 atom stereocenters. The summed E-state index contributed by atoms with van der Waals surface area (Å²) in [6, 6.07) is 9.98. The number of alkyl halides is 8. The summed E-state index contributed by atoms with van der Waals surface area (Å²) in [5.41, 5.74) is 0.881. The number of pyridine rings is 1. The van der Waals surface area contributed by atoms with Crippen LogP contribution in [0.15, 0.2) is 59.7 Å². The van der Waals surface area contributed by atoms with Gasteiger partial charge in [0.15, 0.2) is 11.9 Å². The SMILES string of the molecule is CNC(=O)NCc1ccccc1CNC(=O)Cn1c(Cl)cnc(NC([c+]2cccc[nH]2)C(F)F)c1=O.O=C(O)C(F)(F)F.O=C([O-])C(F)(F)F. The van der Waals surface area contributed by atoms with Gasteiger partial charge in [-0.3, -0.25) is 19.1 Å².